The van der Waals surface area contributed by atoms with Gasteiger partial charge in [-0.25, -0.2) is 0 Å². The van der Waals surface area contributed by atoms with Crippen molar-refractivity contribution in [3.63, 3.8) is 0 Å². The molecule has 5 N–H and O–H groups in total. The Balaban J connectivity index is 1.35. The minimum Gasteiger partial charge on any atom is -0.379 e. The zero-order valence-electron chi connectivity index (χ0n) is 25.9. The maximum atomic E-state index is 13.9. The third-order valence-corrected chi connectivity index (χ3v) is 10.2. The maximum absolute atomic E-state index is 13.9. The second-order valence-electron chi connectivity index (χ2n) is 12.2. The summed E-state index contributed by atoms with van der Waals surface area (Å²) in [5.74, 6) is 4.49. The number of amides is 3. The average molecular weight is 643 g/mol. The molecule has 0 bridgehead atoms. The van der Waals surface area contributed by atoms with Crippen LogP contribution in [0.25, 0.3) is 0 Å². The van der Waals surface area contributed by atoms with Crippen molar-refractivity contribution in [3.05, 3.63) is 0 Å². The van der Waals surface area contributed by atoms with Gasteiger partial charge in [0.1, 0.15) is 12.4 Å². The number of likely N-dealkylation sites (N-methyl/N-ethyl adjacent to an activating group) is 1. The van der Waals surface area contributed by atoms with Crippen LogP contribution in [0.15, 0.2) is 5.10 Å². The number of carbonyl (C=O) groups excluding carboxylic acids is 3. The molecule has 0 spiro atoms. The molecule has 44 heavy (non-hydrogen) atoms. The Morgan fingerprint density at radius 1 is 1.02 bits per heavy atom. The summed E-state index contributed by atoms with van der Waals surface area (Å²) in [4.78, 5) is 47.5. The summed E-state index contributed by atoms with van der Waals surface area (Å²) in [5.41, 5.74) is 0. The lowest BCUT2D eigenvalue weighted by Gasteiger charge is -2.32. The van der Waals surface area contributed by atoms with E-state index in [4.69, 9.17) is 10.6 Å². The van der Waals surface area contributed by atoms with E-state index in [1.54, 1.807) is 11.2 Å². The number of hydrogen-bond donors (Lipinski definition) is 4. The maximum Gasteiger partial charge on any atom is 0.280 e. The van der Waals surface area contributed by atoms with E-state index in [-0.39, 0.29) is 63.7 Å². The van der Waals surface area contributed by atoms with Crippen LogP contribution < -0.4 is 21.2 Å². The van der Waals surface area contributed by atoms with E-state index in [1.807, 2.05) is 4.90 Å². The second kappa shape index (κ2) is 16.7. The Morgan fingerprint density at radius 2 is 1.75 bits per heavy atom. The van der Waals surface area contributed by atoms with E-state index < -0.39 is 28.1 Å². The molecule has 3 aliphatic heterocycles. The number of ether oxygens (including phenoxy) is 1. The molecule has 1 saturated carbocycles. The highest BCUT2D eigenvalue weighted by Crippen LogP contribution is 2.27. The standard InChI is InChI=1S/C27H50N10O6S/c1-33-9-11-34(12-10-33)20-26(39)29-6-8-37(23-4-5-23)27(40)24(32-44(41,42)36-13-15-43-16-14-36)17-25(38)30-18-22-3-2-7-35(19-22)21-31-28/h21-24,32H,2-20,28H2,1H3,(H,29,39)(H,30,38)/t22-,24-/m0/s1. The highest BCUT2D eigenvalue weighted by atomic mass is 32.2. The smallest absolute Gasteiger partial charge is 0.280 e. The molecule has 16 nitrogen and oxygen atoms in total. The molecule has 0 radical (unpaired) electrons. The van der Waals surface area contributed by atoms with Gasteiger partial charge in [-0.1, -0.05) is 0 Å². The van der Waals surface area contributed by atoms with Gasteiger partial charge in [-0.15, -0.1) is 0 Å². The first-order valence-corrected chi connectivity index (χ1v) is 17.2. The summed E-state index contributed by atoms with van der Waals surface area (Å²) in [5, 5.41) is 9.40. The fourth-order valence-corrected chi connectivity index (χ4v) is 7.16. The zero-order valence-corrected chi connectivity index (χ0v) is 26.7. The fraction of sp³-hybridized carbons (Fsp3) is 0.852. The van der Waals surface area contributed by atoms with Gasteiger partial charge in [-0.2, -0.15) is 22.5 Å². The number of piperazine rings is 1. The third-order valence-electron chi connectivity index (χ3n) is 8.57. The van der Waals surface area contributed by atoms with E-state index in [0.717, 1.165) is 58.4 Å². The van der Waals surface area contributed by atoms with Crippen molar-refractivity contribution >= 4 is 34.3 Å². The summed E-state index contributed by atoms with van der Waals surface area (Å²) in [6.45, 7) is 7.04. The van der Waals surface area contributed by atoms with Crippen molar-refractivity contribution in [1.82, 2.24) is 39.3 Å². The first-order chi connectivity index (χ1) is 21.1. The number of hydrogen-bond acceptors (Lipinski definition) is 10. The van der Waals surface area contributed by atoms with Gasteiger partial charge < -0.3 is 35.9 Å². The number of morpholine rings is 1. The van der Waals surface area contributed by atoms with Gasteiger partial charge >= 0.3 is 0 Å². The highest BCUT2D eigenvalue weighted by molar-refractivity contribution is 7.87. The van der Waals surface area contributed by atoms with Crippen LogP contribution in [-0.4, -0.2) is 167 Å². The molecule has 0 aromatic heterocycles. The molecular weight excluding hydrogens is 592 g/mol. The van der Waals surface area contributed by atoms with Gasteiger partial charge in [0.2, 0.25) is 17.7 Å². The highest BCUT2D eigenvalue weighted by Gasteiger charge is 2.39. The molecule has 4 fully saturated rings. The Kier molecular flexibility index (Phi) is 13.0. The molecule has 0 aromatic rings. The topological polar surface area (TPSA) is 185 Å². The molecule has 4 rings (SSSR count). The van der Waals surface area contributed by atoms with Crippen LogP contribution >= 0.6 is 0 Å². The van der Waals surface area contributed by atoms with Gasteiger partial charge in [-0.05, 0) is 38.6 Å². The molecule has 3 heterocycles. The monoisotopic (exact) mass is 642 g/mol. The summed E-state index contributed by atoms with van der Waals surface area (Å²) >= 11 is 0. The zero-order chi connectivity index (χ0) is 31.5. The molecule has 3 saturated heterocycles. The Hall–Kier alpha value is -2.57. The number of likely N-dealkylation sites (tertiary alicyclic amines) is 1. The number of nitrogens with zero attached hydrogens (tertiary/aromatic N) is 6. The van der Waals surface area contributed by atoms with Crippen molar-refractivity contribution < 1.29 is 27.5 Å². The van der Waals surface area contributed by atoms with Crippen molar-refractivity contribution in [2.75, 3.05) is 98.8 Å². The minimum atomic E-state index is -4.05. The van der Waals surface area contributed by atoms with Gasteiger partial charge in [0.15, 0.2) is 0 Å². The first-order valence-electron chi connectivity index (χ1n) is 15.7. The largest absolute Gasteiger partial charge is 0.379 e. The third kappa shape index (κ3) is 10.8. The van der Waals surface area contributed by atoms with Crippen molar-refractivity contribution in [3.8, 4) is 0 Å². The quantitative estimate of drug-likeness (QED) is 0.0621. The second-order valence-corrected chi connectivity index (χ2v) is 13.9. The van der Waals surface area contributed by atoms with Crippen LogP contribution in [0.3, 0.4) is 0 Å². The number of nitrogens with two attached hydrogens (primary N) is 1. The molecule has 3 amide bonds. The van der Waals surface area contributed by atoms with E-state index in [0.29, 0.717) is 19.6 Å². The lowest BCUT2D eigenvalue weighted by molar-refractivity contribution is -0.136. The van der Waals surface area contributed by atoms with Gasteiger partial charge in [0.25, 0.3) is 10.2 Å². The van der Waals surface area contributed by atoms with Crippen LogP contribution in [-0.2, 0) is 29.3 Å². The first kappa shape index (κ1) is 34.3. The number of piperidine rings is 1. The van der Waals surface area contributed by atoms with Crippen LogP contribution in [0.5, 0.6) is 0 Å². The summed E-state index contributed by atoms with van der Waals surface area (Å²) in [7, 11) is -1.99. The molecular formula is C27H50N10O6S. The predicted octanol–water partition coefficient (Wildman–Crippen LogP) is -3.00. The SMILES string of the molecule is CN1CCN(CC(=O)NCCN(C(=O)[C@H](CC(=O)NC[C@@H]2CCCN(C=NN)C2)NS(=O)(=O)N2CCOCC2)C2CC2)CC1. The Bertz CT molecular complexity index is 1090. The Morgan fingerprint density at radius 3 is 2.43 bits per heavy atom. The summed E-state index contributed by atoms with van der Waals surface area (Å²) in [6.07, 6.45) is 4.71. The van der Waals surface area contributed by atoms with Gasteiger partial charge in [0, 0.05) is 78.0 Å². The number of carbonyl (C=O) groups is 3. The van der Waals surface area contributed by atoms with Crippen LogP contribution in [0, 0.1) is 5.92 Å². The predicted molar refractivity (Wildman–Crippen MR) is 165 cm³/mol. The number of hydrazone groups is 1. The van der Waals surface area contributed by atoms with E-state index >= 15 is 0 Å². The molecule has 250 valence electrons. The molecule has 0 aromatic carbocycles. The lowest BCUT2D eigenvalue weighted by Crippen LogP contribution is -2.56. The summed E-state index contributed by atoms with van der Waals surface area (Å²) in [6, 6.07) is -1.33. The van der Waals surface area contributed by atoms with Crippen molar-refractivity contribution in [2.24, 2.45) is 16.9 Å². The van der Waals surface area contributed by atoms with E-state index in [9.17, 15) is 22.8 Å². The average Bonchev–Trinajstić information content (AvgIpc) is 3.85. The molecule has 4 aliphatic rings. The van der Waals surface area contributed by atoms with Crippen LogP contribution in [0.1, 0.15) is 32.1 Å². The van der Waals surface area contributed by atoms with E-state index in [2.05, 4.69) is 37.3 Å². The molecule has 1 aliphatic carbocycles. The fourth-order valence-electron chi connectivity index (χ4n) is 5.84. The van der Waals surface area contributed by atoms with Gasteiger partial charge in [0.05, 0.1) is 26.2 Å². The molecule has 17 heteroatoms. The lowest BCUT2D eigenvalue weighted by atomic mass is 9.98. The van der Waals surface area contributed by atoms with Crippen LogP contribution in [0.2, 0.25) is 0 Å². The molecule has 2 atom stereocenters. The number of rotatable bonds is 15. The normalized spacial score (nSPS) is 23.4. The van der Waals surface area contributed by atoms with E-state index in [1.165, 1.54) is 4.31 Å². The molecule has 0 unspecified atom stereocenters. The van der Waals surface area contributed by atoms with Crippen molar-refractivity contribution in [1.29, 1.82) is 0 Å². The minimum absolute atomic E-state index is 0.0482. The van der Waals surface area contributed by atoms with Crippen molar-refractivity contribution in [2.45, 2.75) is 44.2 Å². The van der Waals surface area contributed by atoms with Crippen LogP contribution in [0.4, 0.5) is 0 Å². The van der Waals surface area contributed by atoms with Gasteiger partial charge in [-0.3, -0.25) is 19.3 Å². The Labute approximate surface area is 260 Å². The number of nitrogens with one attached hydrogen (secondary N) is 3. The summed E-state index contributed by atoms with van der Waals surface area (Å²) < 4.78 is 35.6.